The number of hydrogen-bond acceptors (Lipinski definition) is 4. The van der Waals surface area contributed by atoms with Crippen LogP contribution in [-0.2, 0) is 4.79 Å². The molecule has 19 heavy (non-hydrogen) atoms. The molecule has 0 spiro atoms. The van der Waals surface area contributed by atoms with Gasteiger partial charge in [0.15, 0.2) is 0 Å². The average Bonchev–Trinajstić information content (AvgIpc) is 2.94. The number of nitrogens with one attached hydrogen (secondary N) is 1. The molecule has 1 amide bonds. The molecule has 2 aromatic heterocycles. The lowest BCUT2D eigenvalue weighted by Crippen LogP contribution is -2.40. The third kappa shape index (κ3) is 3.33. The predicted octanol–water partition coefficient (Wildman–Crippen LogP) is 3.34. The SMILES string of the molecule is CCCCC(NC(=O)c1cc2sccc2s1)C(=O)O. The zero-order valence-electron chi connectivity index (χ0n) is 10.5. The van der Waals surface area contributed by atoms with E-state index >= 15 is 0 Å². The van der Waals surface area contributed by atoms with E-state index in [9.17, 15) is 9.59 Å². The minimum Gasteiger partial charge on any atom is -0.480 e. The maximum atomic E-state index is 12.0. The average molecular weight is 297 g/mol. The van der Waals surface area contributed by atoms with Crippen LogP contribution in [0.25, 0.3) is 9.40 Å². The molecule has 102 valence electrons. The molecular weight excluding hydrogens is 282 g/mol. The Bertz CT molecular complexity index is 559. The molecular formula is C13H15NO3S2. The first-order valence-corrected chi connectivity index (χ1v) is 7.82. The van der Waals surface area contributed by atoms with Crippen LogP contribution in [0.15, 0.2) is 17.5 Å². The van der Waals surface area contributed by atoms with Crippen molar-refractivity contribution in [1.29, 1.82) is 0 Å². The van der Waals surface area contributed by atoms with Crippen molar-refractivity contribution < 1.29 is 14.7 Å². The molecule has 0 saturated carbocycles. The third-order valence-corrected chi connectivity index (χ3v) is 4.91. The summed E-state index contributed by atoms with van der Waals surface area (Å²) in [6.45, 7) is 1.99. The molecule has 0 fully saturated rings. The van der Waals surface area contributed by atoms with E-state index < -0.39 is 12.0 Å². The fourth-order valence-electron chi connectivity index (χ4n) is 1.77. The van der Waals surface area contributed by atoms with Crippen molar-refractivity contribution in [3.8, 4) is 0 Å². The van der Waals surface area contributed by atoms with Gasteiger partial charge in [-0.05, 0) is 23.9 Å². The maximum absolute atomic E-state index is 12.0. The fraction of sp³-hybridized carbons (Fsp3) is 0.385. The number of aliphatic carboxylic acids is 1. The van der Waals surface area contributed by atoms with Gasteiger partial charge in [0.1, 0.15) is 6.04 Å². The quantitative estimate of drug-likeness (QED) is 0.859. The molecule has 2 rings (SSSR count). The van der Waals surface area contributed by atoms with Crippen LogP contribution in [0.2, 0.25) is 0 Å². The molecule has 0 bridgehead atoms. The Hall–Kier alpha value is -1.40. The summed E-state index contributed by atoms with van der Waals surface area (Å²) >= 11 is 2.97. The Morgan fingerprint density at radius 3 is 2.84 bits per heavy atom. The second-order valence-corrected chi connectivity index (χ2v) is 6.30. The molecule has 0 aliphatic rings. The number of carbonyl (C=O) groups is 2. The summed E-state index contributed by atoms with van der Waals surface area (Å²) in [5.41, 5.74) is 0. The van der Waals surface area contributed by atoms with Crippen LogP contribution < -0.4 is 5.32 Å². The van der Waals surface area contributed by atoms with Gasteiger partial charge in [-0.15, -0.1) is 22.7 Å². The molecule has 2 N–H and O–H groups in total. The number of fused-ring (bicyclic) bond motifs is 1. The Labute approximate surface area is 119 Å². The summed E-state index contributed by atoms with van der Waals surface area (Å²) in [4.78, 5) is 23.7. The fourth-order valence-corrected chi connectivity index (χ4v) is 3.78. The molecule has 6 heteroatoms. The number of amides is 1. The van der Waals surface area contributed by atoms with E-state index in [0.717, 1.165) is 22.2 Å². The highest BCUT2D eigenvalue weighted by Gasteiger charge is 2.21. The van der Waals surface area contributed by atoms with Crippen molar-refractivity contribution in [3.63, 3.8) is 0 Å². The summed E-state index contributed by atoms with van der Waals surface area (Å²) in [5, 5.41) is 13.7. The zero-order valence-corrected chi connectivity index (χ0v) is 12.1. The van der Waals surface area contributed by atoms with Crippen molar-refractivity contribution >= 4 is 43.9 Å². The van der Waals surface area contributed by atoms with E-state index in [1.165, 1.54) is 11.3 Å². The van der Waals surface area contributed by atoms with E-state index in [0.29, 0.717) is 11.3 Å². The van der Waals surface area contributed by atoms with Crippen molar-refractivity contribution in [2.75, 3.05) is 0 Å². The lowest BCUT2D eigenvalue weighted by molar-refractivity contribution is -0.139. The standard InChI is InChI=1S/C13H15NO3S2/c1-2-3-4-8(13(16)17)14-12(15)11-7-10-9(19-11)5-6-18-10/h5-8H,2-4H2,1H3,(H,14,15)(H,16,17). The Kier molecular flexibility index (Phi) is 4.55. The highest BCUT2D eigenvalue weighted by molar-refractivity contribution is 7.27. The minimum atomic E-state index is -0.972. The summed E-state index contributed by atoms with van der Waals surface area (Å²) in [7, 11) is 0. The summed E-state index contributed by atoms with van der Waals surface area (Å²) in [6.07, 6.45) is 2.17. The molecule has 0 saturated heterocycles. The Morgan fingerprint density at radius 1 is 1.42 bits per heavy atom. The molecule has 2 heterocycles. The normalized spacial score (nSPS) is 12.5. The van der Waals surface area contributed by atoms with Gasteiger partial charge in [-0.25, -0.2) is 4.79 Å². The third-order valence-electron chi connectivity index (χ3n) is 2.81. The Morgan fingerprint density at radius 2 is 2.21 bits per heavy atom. The summed E-state index contributed by atoms with van der Waals surface area (Å²) in [5.74, 6) is -1.27. The number of hydrogen-bond donors (Lipinski definition) is 2. The number of unbranched alkanes of at least 4 members (excludes halogenated alkanes) is 1. The van der Waals surface area contributed by atoms with Gasteiger partial charge in [-0.1, -0.05) is 19.8 Å². The summed E-state index contributed by atoms with van der Waals surface area (Å²) in [6, 6.07) is 2.99. The highest BCUT2D eigenvalue weighted by atomic mass is 32.1. The largest absolute Gasteiger partial charge is 0.480 e. The van der Waals surface area contributed by atoms with Crippen LogP contribution >= 0.6 is 22.7 Å². The first-order chi connectivity index (χ1) is 9.11. The van der Waals surface area contributed by atoms with Gasteiger partial charge >= 0.3 is 5.97 Å². The van der Waals surface area contributed by atoms with Crippen molar-refractivity contribution in [3.05, 3.63) is 22.4 Å². The van der Waals surface area contributed by atoms with E-state index in [2.05, 4.69) is 5.32 Å². The van der Waals surface area contributed by atoms with Crippen molar-refractivity contribution in [2.45, 2.75) is 32.2 Å². The zero-order chi connectivity index (χ0) is 13.8. The minimum absolute atomic E-state index is 0.295. The van der Waals surface area contributed by atoms with E-state index in [1.54, 1.807) is 11.3 Å². The van der Waals surface area contributed by atoms with E-state index in [1.807, 2.05) is 24.4 Å². The second-order valence-electron chi connectivity index (χ2n) is 4.27. The van der Waals surface area contributed by atoms with Crippen LogP contribution in [0.5, 0.6) is 0 Å². The van der Waals surface area contributed by atoms with Gasteiger partial charge in [0.05, 0.1) is 4.88 Å². The van der Waals surface area contributed by atoms with Crippen molar-refractivity contribution in [2.24, 2.45) is 0 Å². The molecule has 4 nitrogen and oxygen atoms in total. The lowest BCUT2D eigenvalue weighted by atomic mass is 10.1. The van der Waals surface area contributed by atoms with Gasteiger partial charge in [0.2, 0.25) is 0 Å². The number of thiophene rings is 2. The maximum Gasteiger partial charge on any atom is 0.326 e. The molecule has 0 aliphatic heterocycles. The predicted molar refractivity (Wildman–Crippen MR) is 78.1 cm³/mol. The van der Waals surface area contributed by atoms with Crippen LogP contribution in [0.1, 0.15) is 35.9 Å². The number of rotatable bonds is 6. The lowest BCUT2D eigenvalue weighted by Gasteiger charge is -2.13. The van der Waals surface area contributed by atoms with Crippen molar-refractivity contribution in [1.82, 2.24) is 5.32 Å². The summed E-state index contributed by atoms with van der Waals surface area (Å²) < 4.78 is 2.13. The topological polar surface area (TPSA) is 66.4 Å². The van der Waals surface area contributed by atoms with Gasteiger partial charge in [-0.3, -0.25) is 4.79 Å². The molecule has 1 unspecified atom stereocenters. The highest BCUT2D eigenvalue weighted by Crippen LogP contribution is 2.29. The molecule has 0 radical (unpaired) electrons. The van der Waals surface area contributed by atoms with Gasteiger partial charge in [0, 0.05) is 9.40 Å². The second kappa shape index (κ2) is 6.16. The van der Waals surface area contributed by atoms with E-state index in [-0.39, 0.29) is 5.91 Å². The molecule has 0 aliphatic carbocycles. The molecule has 1 atom stereocenters. The van der Waals surface area contributed by atoms with Crippen LogP contribution in [-0.4, -0.2) is 23.0 Å². The first kappa shape index (κ1) is 14.0. The Balaban J connectivity index is 2.06. The van der Waals surface area contributed by atoms with Crippen LogP contribution in [0, 0.1) is 0 Å². The first-order valence-electron chi connectivity index (χ1n) is 6.12. The smallest absolute Gasteiger partial charge is 0.326 e. The van der Waals surface area contributed by atoms with Gasteiger partial charge in [-0.2, -0.15) is 0 Å². The van der Waals surface area contributed by atoms with E-state index in [4.69, 9.17) is 5.11 Å². The number of carboxylic acid groups (broad SMARTS) is 1. The number of carbonyl (C=O) groups excluding carboxylic acids is 1. The van der Waals surface area contributed by atoms with Crippen LogP contribution in [0.4, 0.5) is 0 Å². The van der Waals surface area contributed by atoms with Gasteiger partial charge < -0.3 is 10.4 Å². The molecule has 2 aromatic rings. The van der Waals surface area contributed by atoms with Crippen LogP contribution in [0.3, 0.4) is 0 Å². The number of carboxylic acids is 1. The molecule has 0 aromatic carbocycles. The monoisotopic (exact) mass is 297 g/mol. The van der Waals surface area contributed by atoms with Gasteiger partial charge in [0.25, 0.3) is 5.91 Å².